The second kappa shape index (κ2) is 5.66. The summed E-state index contributed by atoms with van der Waals surface area (Å²) in [5.74, 6) is -0.987. The Labute approximate surface area is 109 Å². The monoisotopic (exact) mass is 266 g/mol. The van der Waals surface area contributed by atoms with E-state index in [9.17, 15) is 9.59 Å². The summed E-state index contributed by atoms with van der Waals surface area (Å²) in [7, 11) is 1.45. The maximum Gasteiger partial charge on any atom is 0.334 e. The SMILES string of the molecule is COc1cnccc1C(=O)N1CCOC(C(=O)O)C1. The lowest BCUT2D eigenvalue weighted by Crippen LogP contribution is -2.48. The van der Waals surface area contributed by atoms with Crippen LogP contribution in [0.4, 0.5) is 0 Å². The molecule has 2 heterocycles. The van der Waals surface area contributed by atoms with E-state index in [0.29, 0.717) is 17.9 Å². The Morgan fingerprint density at radius 3 is 3.05 bits per heavy atom. The number of hydrogen-bond acceptors (Lipinski definition) is 5. The Balaban J connectivity index is 2.17. The standard InChI is InChI=1S/C12H14N2O5/c1-18-9-6-13-3-2-8(9)11(15)14-4-5-19-10(7-14)12(16)17/h2-3,6,10H,4-5,7H2,1H3,(H,16,17). The highest BCUT2D eigenvalue weighted by molar-refractivity contribution is 5.97. The second-order valence-electron chi connectivity index (χ2n) is 4.02. The summed E-state index contributed by atoms with van der Waals surface area (Å²) in [6.45, 7) is 0.587. The van der Waals surface area contributed by atoms with Crippen LogP contribution in [-0.2, 0) is 9.53 Å². The van der Waals surface area contributed by atoms with E-state index in [4.69, 9.17) is 14.6 Å². The van der Waals surface area contributed by atoms with E-state index in [-0.39, 0.29) is 19.1 Å². The van der Waals surface area contributed by atoms with Gasteiger partial charge in [0.15, 0.2) is 6.10 Å². The van der Waals surface area contributed by atoms with Gasteiger partial charge in [0.2, 0.25) is 0 Å². The first-order valence-corrected chi connectivity index (χ1v) is 5.75. The number of rotatable bonds is 3. The highest BCUT2D eigenvalue weighted by Gasteiger charge is 2.30. The van der Waals surface area contributed by atoms with Gasteiger partial charge in [-0.25, -0.2) is 4.79 Å². The second-order valence-corrected chi connectivity index (χ2v) is 4.02. The minimum Gasteiger partial charge on any atom is -0.494 e. The van der Waals surface area contributed by atoms with Crippen LogP contribution in [0.3, 0.4) is 0 Å². The van der Waals surface area contributed by atoms with Crippen molar-refractivity contribution in [2.45, 2.75) is 6.10 Å². The van der Waals surface area contributed by atoms with Crippen LogP contribution in [0.25, 0.3) is 0 Å². The molecule has 1 fully saturated rings. The van der Waals surface area contributed by atoms with Crippen LogP contribution in [0.1, 0.15) is 10.4 Å². The molecule has 1 aromatic heterocycles. The van der Waals surface area contributed by atoms with Crippen molar-refractivity contribution in [2.24, 2.45) is 0 Å². The Hall–Kier alpha value is -2.15. The topological polar surface area (TPSA) is 89.0 Å². The molecular weight excluding hydrogens is 252 g/mol. The fraction of sp³-hybridized carbons (Fsp3) is 0.417. The molecule has 0 spiro atoms. The van der Waals surface area contributed by atoms with E-state index in [1.165, 1.54) is 24.4 Å². The van der Waals surface area contributed by atoms with E-state index in [0.717, 1.165) is 0 Å². The molecule has 1 saturated heterocycles. The molecule has 0 saturated carbocycles. The third-order valence-electron chi connectivity index (χ3n) is 2.86. The number of carboxylic acid groups (broad SMARTS) is 1. The summed E-state index contributed by atoms with van der Waals surface area (Å²) in [6.07, 6.45) is 1.96. The molecule has 2 rings (SSSR count). The average molecular weight is 266 g/mol. The maximum absolute atomic E-state index is 12.3. The minimum absolute atomic E-state index is 0.0274. The zero-order chi connectivity index (χ0) is 13.8. The summed E-state index contributed by atoms with van der Waals surface area (Å²) in [5.41, 5.74) is 0.364. The molecule has 1 aromatic rings. The summed E-state index contributed by atoms with van der Waals surface area (Å²) >= 11 is 0. The molecule has 7 nitrogen and oxygen atoms in total. The third kappa shape index (κ3) is 2.82. The van der Waals surface area contributed by atoms with Gasteiger partial charge in [0.05, 0.1) is 32.0 Å². The van der Waals surface area contributed by atoms with E-state index in [2.05, 4.69) is 4.98 Å². The number of aromatic nitrogens is 1. The van der Waals surface area contributed by atoms with Crippen LogP contribution in [0, 0.1) is 0 Å². The zero-order valence-corrected chi connectivity index (χ0v) is 10.4. The smallest absolute Gasteiger partial charge is 0.334 e. The van der Waals surface area contributed by atoms with Crippen LogP contribution in [0.5, 0.6) is 5.75 Å². The normalized spacial score (nSPS) is 19.0. The first kappa shape index (κ1) is 13.3. The fourth-order valence-electron chi connectivity index (χ4n) is 1.87. The molecule has 0 bridgehead atoms. The Bertz CT molecular complexity index is 491. The number of nitrogens with zero attached hydrogens (tertiary/aromatic N) is 2. The van der Waals surface area contributed by atoms with Gasteiger partial charge in [0.1, 0.15) is 5.75 Å². The molecule has 1 amide bonds. The van der Waals surface area contributed by atoms with Crippen molar-refractivity contribution in [1.82, 2.24) is 9.88 Å². The number of carbonyl (C=O) groups is 2. The van der Waals surface area contributed by atoms with Crippen LogP contribution in [0.2, 0.25) is 0 Å². The van der Waals surface area contributed by atoms with Gasteiger partial charge in [0.25, 0.3) is 5.91 Å². The van der Waals surface area contributed by atoms with Gasteiger partial charge in [-0.15, -0.1) is 0 Å². The number of methoxy groups -OCH3 is 1. The van der Waals surface area contributed by atoms with E-state index < -0.39 is 12.1 Å². The summed E-state index contributed by atoms with van der Waals surface area (Å²) in [5, 5.41) is 8.91. The van der Waals surface area contributed by atoms with Crippen LogP contribution >= 0.6 is 0 Å². The van der Waals surface area contributed by atoms with Crippen molar-refractivity contribution in [3.63, 3.8) is 0 Å². The lowest BCUT2D eigenvalue weighted by Gasteiger charge is -2.31. The number of pyridine rings is 1. The number of amides is 1. The first-order valence-electron chi connectivity index (χ1n) is 5.75. The number of carbonyl (C=O) groups excluding carboxylic acids is 1. The molecule has 102 valence electrons. The molecule has 1 aliphatic rings. The average Bonchev–Trinajstić information content (AvgIpc) is 2.46. The van der Waals surface area contributed by atoms with Crippen molar-refractivity contribution in [1.29, 1.82) is 0 Å². The predicted octanol–water partition coefficient (Wildman–Crippen LogP) is 0.0158. The number of morpholine rings is 1. The molecule has 1 atom stereocenters. The van der Waals surface area contributed by atoms with Crippen LogP contribution in [0.15, 0.2) is 18.5 Å². The number of ether oxygens (including phenoxy) is 2. The van der Waals surface area contributed by atoms with Gasteiger partial charge in [-0.1, -0.05) is 0 Å². The summed E-state index contributed by atoms with van der Waals surface area (Å²) in [6, 6.07) is 1.55. The largest absolute Gasteiger partial charge is 0.494 e. The van der Waals surface area contributed by atoms with Gasteiger partial charge in [-0.2, -0.15) is 0 Å². The van der Waals surface area contributed by atoms with Crippen molar-refractivity contribution in [2.75, 3.05) is 26.8 Å². The molecule has 0 aliphatic carbocycles. The molecular formula is C12H14N2O5. The van der Waals surface area contributed by atoms with Gasteiger partial charge in [-0.05, 0) is 6.07 Å². The molecule has 1 aliphatic heterocycles. The van der Waals surface area contributed by atoms with Gasteiger partial charge in [-0.3, -0.25) is 9.78 Å². The van der Waals surface area contributed by atoms with Crippen molar-refractivity contribution >= 4 is 11.9 Å². The minimum atomic E-state index is -1.07. The zero-order valence-electron chi connectivity index (χ0n) is 10.4. The number of aliphatic carboxylic acids is 1. The molecule has 0 aromatic carbocycles. The highest BCUT2D eigenvalue weighted by atomic mass is 16.5. The van der Waals surface area contributed by atoms with Crippen molar-refractivity contribution in [3.05, 3.63) is 24.0 Å². The molecule has 1 unspecified atom stereocenters. The molecule has 19 heavy (non-hydrogen) atoms. The molecule has 7 heteroatoms. The Kier molecular flexibility index (Phi) is 3.96. The van der Waals surface area contributed by atoms with Gasteiger partial charge >= 0.3 is 5.97 Å². The quantitative estimate of drug-likeness (QED) is 0.829. The van der Waals surface area contributed by atoms with Crippen LogP contribution in [-0.4, -0.2) is 59.8 Å². The van der Waals surface area contributed by atoms with Crippen molar-refractivity contribution < 1.29 is 24.2 Å². The van der Waals surface area contributed by atoms with E-state index >= 15 is 0 Å². The predicted molar refractivity (Wildman–Crippen MR) is 64.1 cm³/mol. The Morgan fingerprint density at radius 2 is 2.37 bits per heavy atom. The summed E-state index contributed by atoms with van der Waals surface area (Å²) < 4.78 is 10.1. The first-order chi connectivity index (χ1) is 9.13. The maximum atomic E-state index is 12.3. The molecule has 1 N–H and O–H groups in total. The Morgan fingerprint density at radius 1 is 1.58 bits per heavy atom. The fourth-order valence-corrected chi connectivity index (χ4v) is 1.87. The third-order valence-corrected chi connectivity index (χ3v) is 2.86. The lowest BCUT2D eigenvalue weighted by atomic mass is 10.2. The van der Waals surface area contributed by atoms with Gasteiger partial charge < -0.3 is 19.5 Å². The summed E-state index contributed by atoms with van der Waals surface area (Å²) in [4.78, 5) is 28.5. The number of carboxylic acids is 1. The lowest BCUT2D eigenvalue weighted by molar-refractivity contribution is -0.154. The van der Waals surface area contributed by atoms with Crippen molar-refractivity contribution in [3.8, 4) is 5.75 Å². The highest BCUT2D eigenvalue weighted by Crippen LogP contribution is 2.19. The van der Waals surface area contributed by atoms with Gasteiger partial charge in [0, 0.05) is 12.7 Å². The van der Waals surface area contributed by atoms with Crippen LogP contribution < -0.4 is 4.74 Å². The van der Waals surface area contributed by atoms with E-state index in [1.807, 2.05) is 0 Å². The van der Waals surface area contributed by atoms with E-state index in [1.54, 1.807) is 6.07 Å². The molecule has 0 radical (unpaired) electrons. The number of hydrogen-bond donors (Lipinski definition) is 1.